The fourth-order valence-electron chi connectivity index (χ4n) is 4.95. The van der Waals surface area contributed by atoms with Crippen molar-refractivity contribution in [3.8, 4) is 0 Å². The predicted molar refractivity (Wildman–Crippen MR) is 131 cm³/mol. The number of aliphatic hydroxyl groups excluding tert-OH is 1. The lowest BCUT2D eigenvalue weighted by Gasteiger charge is -2.34. The molecule has 8 nitrogen and oxygen atoms in total. The zero-order chi connectivity index (χ0) is 23.8. The summed E-state index contributed by atoms with van der Waals surface area (Å²) in [6.45, 7) is 9.88. The second kappa shape index (κ2) is 9.52. The maximum absolute atomic E-state index is 13.3. The molecule has 184 valence electrons. The van der Waals surface area contributed by atoms with E-state index in [1.165, 1.54) is 8.61 Å². The summed E-state index contributed by atoms with van der Waals surface area (Å²) in [4.78, 5) is 4.98. The first-order valence-corrected chi connectivity index (χ1v) is 13.4. The van der Waals surface area contributed by atoms with E-state index in [9.17, 15) is 13.5 Å². The number of ether oxygens (including phenoxy) is 1. The van der Waals surface area contributed by atoms with E-state index in [0.29, 0.717) is 24.7 Å². The van der Waals surface area contributed by atoms with E-state index in [4.69, 9.17) is 9.72 Å². The highest BCUT2D eigenvalue weighted by atomic mass is 32.2. The number of fused-ring (bicyclic) bond motifs is 1. The molecular formula is C24H38N4O4S. The molecule has 4 rings (SSSR count). The quantitative estimate of drug-likeness (QED) is 0.689. The van der Waals surface area contributed by atoms with Crippen LogP contribution in [0.15, 0.2) is 18.2 Å². The third-order valence-corrected chi connectivity index (χ3v) is 8.85. The van der Waals surface area contributed by atoms with Crippen LogP contribution in [0.2, 0.25) is 0 Å². The van der Waals surface area contributed by atoms with Crippen molar-refractivity contribution >= 4 is 26.9 Å². The van der Waals surface area contributed by atoms with Crippen molar-refractivity contribution in [2.75, 3.05) is 44.3 Å². The number of hydrogen-bond acceptors (Lipinski definition) is 5. The van der Waals surface area contributed by atoms with E-state index in [2.05, 4.69) is 25.3 Å². The molecule has 0 bridgehead atoms. The Morgan fingerprint density at radius 1 is 1.18 bits per heavy atom. The lowest BCUT2D eigenvalue weighted by atomic mass is 9.94. The van der Waals surface area contributed by atoms with Gasteiger partial charge in [0, 0.05) is 51.9 Å². The second-order valence-electron chi connectivity index (χ2n) is 10.5. The number of piperidine rings is 1. The van der Waals surface area contributed by atoms with E-state index in [0.717, 1.165) is 62.3 Å². The molecule has 1 aromatic heterocycles. The van der Waals surface area contributed by atoms with Crippen LogP contribution in [0.1, 0.15) is 52.3 Å². The fourth-order valence-corrected chi connectivity index (χ4v) is 6.44. The number of rotatable bonds is 6. The highest BCUT2D eigenvalue weighted by Crippen LogP contribution is 2.32. The molecule has 2 aromatic rings. The van der Waals surface area contributed by atoms with Crippen molar-refractivity contribution in [3.63, 3.8) is 0 Å². The minimum absolute atomic E-state index is 0.000338. The second-order valence-corrected chi connectivity index (χ2v) is 12.5. The molecule has 0 saturated carbocycles. The molecule has 3 heterocycles. The summed E-state index contributed by atoms with van der Waals surface area (Å²) in [6.07, 6.45) is 3.72. The summed E-state index contributed by atoms with van der Waals surface area (Å²) in [6, 6.07) is 5.77. The zero-order valence-electron chi connectivity index (χ0n) is 20.3. The Morgan fingerprint density at radius 3 is 2.58 bits per heavy atom. The van der Waals surface area contributed by atoms with Crippen molar-refractivity contribution in [3.05, 3.63) is 24.0 Å². The van der Waals surface area contributed by atoms with Gasteiger partial charge in [-0.1, -0.05) is 20.8 Å². The normalized spacial score (nSPS) is 21.5. The third kappa shape index (κ3) is 5.06. The molecular weight excluding hydrogens is 440 g/mol. The van der Waals surface area contributed by atoms with Crippen LogP contribution in [0.4, 0.5) is 5.69 Å². The van der Waals surface area contributed by atoms with Gasteiger partial charge in [0.1, 0.15) is 5.82 Å². The number of hydrogen-bond donors (Lipinski definition) is 1. The molecule has 1 atom stereocenters. The van der Waals surface area contributed by atoms with Crippen molar-refractivity contribution in [2.45, 2.75) is 58.4 Å². The van der Waals surface area contributed by atoms with Gasteiger partial charge in [0.05, 0.1) is 16.7 Å². The van der Waals surface area contributed by atoms with Crippen LogP contribution in [0.25, 0.3) is 11.0 Å². The Labute approximate surface area is 197 Å². The minimum atomic E-state index is -3.67. The summed E-state index contributed by atoms with van der Waals surface area (Å²) in [5.41, 5.74) is 2.33. The Morgan fingerprint density at radius 2 is 1.91 bits per heavy atom. The van der Waals surface area contributed by atoms with Gasteiger partial charge in [-0.05, 0) is 55.7 Å². The van der Waals surface area contributed by atoms with Gasteiger partial charge < -0.3 is 14.4 Å². The molecule has 0 spiro atoms. The van der Waals surface area contributed by atoms with Crippen LogP contribution in [-0.2, 0) is 26.9 Å². The monoisotopic (exact) mass is 478 g/mol. The van der Waals surface area contributed by atoms with Gasteiger partial charge in [-0.25, -0.2) is 4.98 Å². The fraction of sp³-hybridized carbons (Fsp3) is 0.708. The maximum atomic E-state index is 13.3. The number of aliphatic hydroxyl groups is 1. The highest BCUT2D eigenvalue weighted by molar-refractivity contribution is 7.90. The molecule has 1 N–H and O–H groups in total. The van der Waals surface area contributed by atoms with Crippen molar-refractivity contribution in [1.29, 1.82) is 0 Å². The van der Waals surface area contributed by atoms with E-state index < -0.39 is 10.2 Å². The van der Waals surface area contributed by atoms with E-state index >= 15 is 0 Å². The Balaban J connectivity index is 1.66. The summed E-state index contributed by atoms with van der Waals surface area (Å²) in [5.74, 6) is 1.58. The van der Waals surface area contributed by atoms with Gasteiger partial charge in [0.2, 0.25) is 0 Å². The zero-order valence-corrected chi connectivity index (χ0v) is 21.1. The van der Waals surface area contributed by atoms with Gasteiger partial charge in [-0.3, -0.25) is 4.31 Å². The standard InChI is InChI=1S/C24H38N4O4S/c1-24(2,3)23-25-21-14-20(7-8-22(21)28(23)16-18-9-12-32-13-10-18)26(4)33(30,31)27-11-5-6-19(15-27)17-29/h7-8,14,18-19,29H,5-6,9-13,15-17H2,1-4H3. The van der Waals surface area contributed by atoms with Crippen LogP contribution in [0, 0.1) is 11.8 Å². The molecule has 2 aliphatic heterocycles. The largest absolute Gasteiger partial charge is 0.396 e. The van der Waals surface area contributed by atoms with Crippen LogP contribution >= 0.6 is 0 Å². The molecule has 2 fully saturated rings. The Kier molecular flexibility index (Phi) is 7.05. The van der Waals surface area contributed by atoms with E-state index in [-0.39, 0.29) is 17.9 Å². The number of nitrogens with zero attached hydrogens (tertiary/aromatic N) is 4. The molecule has 2 saturated heterocycles. The first kappa shape index (κ1) is 24.4. The number of anilines is 1. The molecule has 1 aromatic carbocycles. The summed E-state index contributed by atoms with van der Waals surface area (Å²) >= 11 is 0. The topological polar surface area (TPSA) is 87.9 Å². The lowest BCUT2D eigenvalue weighted by Crippen LogP contribution is -2.47. The van der Waals surface area contributed by atoms with Crippen LogP contribution in [0.3, 0.4) is 0 Å². The molecule has 9 heteroatoms. The van der Waals surface area contributed by atoms with Crippen LogP contribution in [-0.4, -0.2) is 67.3 Å². The van der Waals surface area contributed by atoms with Gasteiger partial charge in [0.25, 0.3) is 0 Å². The first-order chi connectivity index (χ1) is 15.6. The Hall–Kier alpha value is -1.68. The van der Waals surface area contributed by atoms with E-state index in [1.807, 2.05) is 18.2 Å². The third-order valence-electron chi connectivity index (χ3n) is 6.96. The molecule has 33 heavy (non-hydrogen) atoms. The van der Waals surface area contributed by atoms with Crippen molar-refractivity contribution in [1.82, 2.24) is 13.9 Å². The predicted octanol–water partition coefficient (Wildman–Crippen LogP) is 3.15. The molecule has 0 radical (unpaired) electrons. The van der Waals surface area contributed by atoms with Gasteiger partial charge in [0.15, 0.2) is 0 Å². The summed E-state index contributed by atoms with van der Waals surface area (Å²) in [7, 11) is -2.07. The van der Waals surface area contributed by atoms with Crippen LogP contribution < -0.4 is 4.31 Å². The minimum Gasteiger partial charge on any atom is -0.396 e. The maximum Gasteiger partial charge on any atom is 0.303 e. The van der Waals surface area contributed by atoms with Crippen molar-refractivity contribution in [2.24, 2.45) is 11.8 Å². The van der Waals surface area contributed by atoms with Gasteiger partial charge in [-0.2, -0.15) is 12.7 Å². The summed E-state index contributed by atoms with van der Waals surface area (Å²) in [5, 5.41) is 9.51. The molecule has 1 unspecified atom stereocenters. The molecule has 0 amide bonds. The average Bonchev–Trinajstić information content (AvgIpc) is 3.17. The Bertz CT molecular complexity index is 1070. The number of benzene rings is 1. The number of aromatic nitrogens is 2. The van der Waals surface area contributed by atoms with Crippen molar-refractivity contribution < 1.29 is 18.3 Å². The lowest BCUT2D eigenvalue weighted by molar-refractivity contribution is 0.0611. The average molecular weight is 479 g/mol. The molecule has 2 aliphatic rings. The summed E-state index contributed by atoms with van der Waals surface area (Å²) < 4.78 is 37.3. The van der Waals surface area contributed by atoms with Gasteiger partial charge >= 0.3 is 10.2 Å². The SMILES string of the molecule is CN(c1ccc2c(c1)nc(C(C)(C)C)n2CC1CCOCC1)S(=O)(=O)N1CCCC(CO)C1. The van der Waals surface area contributed by atoms with E-state index in [1.54, 1.807) is 7.05 Å². The number of imidazole rings is 1. The van der Waals surface area contributed by atoms with Crippen LogP contribution in [0.5, 0.6) is 0 Å². The first-order valence-electron chi connectivity index (χ1n) is 12.0. The van der Waals surface area contributed by atoms with Gasteiger partial charge in [-0.15, -0.1) is 0 Å². The molecule has 0 aliphatic carbocycles. The highest BCUT2D eigenvalue weighted by Gasteiger charge is 2.32. The smallest absolute Gasteiger partial charge is 0.303 e.